The van der Waals surface area contributed by atoms with Gasteiger partial charge >= 0.3 is 0 Å². The summed E-state index contributed by atoms with van der Waals surface area (Å²) < 4.78 is 1.12. The van der Waals surface area contributed by atoms with Crippen molar-refractivity contribution in [3.63, 3.8) is 0 Å². The van der Waals surface area contributed by atoms with E-state index >= 15 is 0 Å². The third-order valence-corrected chi connectivity index (χ3v) is 4.84. The Morgan fingerprint density at radius 3 is 2.80 bits per heavy atom. The Labute approximate surface area is 156 Å². The fourth-order valence-corrected chi connectivity index (χ4v) is 3.44. The van der Waals surface area contributed by atoms with Crippen molar-refractivity contribution in [1.82, 2.24) is 14.9 Å². The maximum absolute atomic E-state index is 4.63. The normalized spacial score (nSPS) is 13.0. The van der Waals surface area contributed by atoms with Crippen LogP contribution >= 0.6 is 15.9 Å². The summed E-state index contributed by atoms with van der Waals surface area (Å²) >= 11 is 3.53. The molecule has 0 amide bonds. The quantitative estimate of drug-likeness (QED) is 0.614. The van der Waals surface area contributed by atoms with Gasteiger partial charge in [-0.3, -0.25) is 9.97 Å². The van der Waals surface area contributed by atoms with Gasteiger partial charge in [0.05, 0.1) is 5.69 Å². The molecular weight excluding hydrogens is 374 g/mol. The number of benzene rings is 1. The molecule has 0 unspecified atom stereocenters. The van der Waals surface area contributed by atoms with E-state index in [4.69, 9.17) is 0 Å². The molecule has 1 aliphatic rings. The van der Waals surface area contributed by atoms with Gasteiger partial charge < -0.3 is 4.90 Å². The molecule has 124 valence electrons. The maximum atomic E-state index is 4.63. The highest BCUT2D eigenvalue weighted by Crippen LogP contribution is 2.25. The van der Waals surface area contributed by atoms with Crippen LogP contribution in [0.2, 0.25) is 0 Å². The first-order chi connectivity index (χ1) is 12.2. The average Bonchev–Trinajstić information content (AvgIpc) is 2.62. The van der Waals surface area contributed by atoms with E-state index in [-0.39, 0.29) is 0 Å². The number of rotatable bonds is 3. The van der Waals surface area contributed by atoms with Gasteiger partial charge in [-0.1, -0.05) is 28.1 Å². The fraction of sp³-hybridized carbons (Fsp3) is 0.143. The van der Waals surface area contributed by atoms with Crippen molar-refractivity contribution in [3.8, 4) is 11.3 Å². The molecule has 3 nitrogen and oxygen atoms in total. The second-order valence-electron chi connectivity index (χ2n) is 6.30. The summed E-state index contributed by atoms with van der Waals surface area (Å²) in [6.07, 6.45) is 8.13. The molecule has 0 fully saturated rings. The number of hydrogen-bond donors (Lipinski definition) is 0. The summed E-state index contributed by atoms with van der Waals surface area (Å²) in [6, 6.07) is 14.7. The predicted molar refractivity (Wildman–Crippen MR) is 105 cm³/mol. The number of hydrogen-bond acceptors (Lipinski definition) is 3. The first-order valence-electron chi connectivity index (χ1n) is 8.26. The van der Waals surface area contributed by atoms with Gasteiger partial charge in [-0.15, -0.1) is 0 Å². The topological polar surface area (TPSA) is 29.0 Å². The summed E-state index contributed by atoms with van der Waals surface area (Å²) in [5, 5.41) is 0. The van der Waals surface area contributed by atoms with Crippen molar-refractivity contribution < 1.29 is 0 Å². The van der Waals surface area contributed by atoms with Crippen LogP contribution < -0.4 is 0 Å². The Hall–Kier alpha value is -2.46. The lowest BCUT2D eigenvalue weighted by Crippen LogP contribution is -2.19. The van der Waals surface area contributed by atoms with Crippen molar-refractivity contribution in [3.05, 3.63) is 87.9 Å². The van der Waals surface area contributed by atoms with Crippen LogP contribution in [0.15, 0.2) is 65.5 Å². The minimum Gasteiger partial charge on any atom is -0.369 e. The van der Waals surface area contributed by atoms with E-state index in [1.54, 1.807) is 0 Å². The Morgan fingerprint density at radius 1 is 1.08 bits per heavy atom. The van der Waals surface area contributed by atoms with Gasteiger partial charge in [0.2, 0.25) is 0 Å². The molecule has 0 saturated carbocycles. The number of aromatic nitrogens is 2. The molecule has 2 aromatic heterocycles. The molecule has 0 atom stereocenters. The third-order valence-electron chi connectivity index (χ3n) is 4.35. The molecule has 3 heterocycles. The number of halogens is 1. The molecule has 3 aromatic rings. The highest BCUT2D eigenvalue weighted by Gasteiger charge is 2.11. The van der Waals surface area contributed by atoms with E-state index in [2.05, 4.69) is 79.5 Å². The van der Waals surface area contributed by atoms with Crippen LogP contribution in [0.25, 0.3) is 17.3 Å². The van der Waals surface area contributed by atoms with Gasteiger partial charge in [0.1, 0.15) is 0 Å². The van der Waals surface area contributed by atoms with Crippen molar-refractivity contribution >= 4 is 22.0 Å². The number of aryl methyl sites for hydroxylation is 1. The molecule has 0 saturated heterocycles. The van der Waals surface area contributed by atoms with Crippen molar-refractivity contribution in [1.29, 1.82) is 0 Å². The van der Waals surface area contributed by atoms with Crippen LogP contribution in [0.1, 0.15) is 22.4 Å². The fourth-order valence-electron chi connectivity index (χ4n) is 3.06. The lowest BCUT2D eigenvalue weighted by atomic mass is 10.0. The first-order valence-corrected chi connectivity index (χ1v) is 9.05. The van der Waals surface area contributed by atoms with Crippen LogP contribution in [0.3, 0.4) is 0 Å². The maximum Gasteiger partial charge on any atom is 0.0703 e. The van der Waals surface area contributed by atoms with Crippen LogP contribution in [0.5, 0.6) is 0 Å². The van der Waals surface area contributed by atoms with Crippen LogP contribution in [0, 0.1) is 6.92 Å². The summed E-state index contributed by atoms with van der Waals surface area (Å²) in [6.45, 7) is 3.77. The molecule has 4 heteroatoms. The largest absolute Gasteiger partial charge is 0.369 e. The van der Waals surface area contributed by atoms with E-state index < -0.39 is 0 Å². The third kappa shape index (κ3) is 3.64. The second kappa shape index (κ2) is 6.81. The lowest BCUT2D eigenvalue weighted by molar-refractivity contribution is 0.359. The molecule has 0 N–H and O–H groups in total. The van der Waals surface area contributed by atoms with Gasteiger partial charge in [0, 0.05) is 47.4 Å². The van der Waals surface area contributed by atoms with Crippen LogP contribution in [-0.4, -0.2) is 14.9 Å². The predicted octanol–water partition coefficient (Wildman–Crippen LogP) is 5.20. The summed E-state index contributed by atoms with van der Waals surface area (Å²) in [4.78, 5) is 11.2. The molecule has 0 spiro atoms. The number of fused-ring (bicyclic) bond motifs is 1. The van der Waals surface area contributed by atoms with E-state index in [1.165, 1.54) is 16.7 Å². The average molecular weight is 392 g/mol. The highest BCUT2D eigenvalue weighted by molar-refractivity contribution is 9.10. The van der Waals surface area contributed by atoms with E-state index in [9.17, 15) is 0 Å². The molecule has 1 aliphatic heterocycles. The summed E-state index contributed by atoms with van der Waals surface area (Å²) in [7, 11) is 0. The van der Waals surface area contributed by atoms with Gasteiger partial charge in [-0.05, 0) is 60.0 Å². The smallest absolute Gasteiger partial charge is 0.0703 e. The molecule has 4 rings (SSSR count). The van der Waals surface area contributed by atoms with E-state index in [0.717, 1.165) is 34.5 Å². The van der Waals surface area contributed by atoms with Gasteiger partial charge in [0.15, 0.2) is 0 Å². The minimum atomic E-state index is 0.856. The number of nitrogens with zero attached hydrogens (tertiary/aromatic N) is 3. The Balaban J connectivity index is 1.48. The SMILES string of the molecule is Cc1cc(-c2ccc(CN3C=Cc4cc(Br)ccc4C3)cn2)ccn1. The monoisotopic (exact) mass is 391 g/mol. The Kier molecular flexibility index (Phi) is 4.36. The summed E-state index contributed by atoms with van der Waals surface area (Å²) in [5.41, 5.74) is 6.94. The Morgan fingerprint density at radius 2 is 2.00 bits per heavy atom. The lowest BCUT2D eigenvalue weighted by Gasteiger charge is -2.25. The van der Waals surface area contributed by atoms with Gasteiger partial charge in [-0.2, -0.15) is 0 Å². The van der Waals surface area contributed by atoms with E-state index in [1.807, 2.05) is 25.4 Å². The van der Waals surface area contributed by atoms with Crippen molar-refractivity contribution in [2.75, 3.05) is 0 Å². The van der Waals surface area contributed by atoms with Gasteiger partial charge in [-0.25, -0.2) is 0 Å². The second-order valence-corrected chi connectivity index (χ2v) is 7.22. The molecule has 1 aromatic carbocycles. The van der Waals surface area contributed by atoms with Crippen molar-refractivity contribution in [2.45, 2.75) is 20.0 Å². The van der Waals surface area contributed by atoms with Gasteiger partial charge in [0.25, 0.3) is 0 Å². The molecule has 0 bridgehead atoms. The minimum absolute atomic E-state index is 0.856. The highest BCUT2D eigenvalue weighted by atomic mass is 79.9. The van der Waals surface area contributed by atoms with Crippen LogP contribution in [-0.2, 0) is 13.1 Å². The summed E-state index contributed by atoms with van der Waals surface area (Å²) in [5.74, 6) is 0. The van der Waals surface area contributed by atoms with E-state index in [0.29, 0.717) is 0 Å². The Bertz CT molecular complexity index is 932. The zero-order valence-corrected chi connectivity index (χ0v) is 15.6. The molecule has 0 aliphatic carbocycles. The standard InChI is InChI=1S/C21H18BrN3/c1-15-10-18(6-8-23-15)21-5-2-16(12-24-21)13-25-9-7-17-11-20(22)4-3-19(17)14-25/h2-12H,13-14H2,1H3. The molecular formula is C21H18BrN3. The zero-order chi connectivity index (χ0) is 17.2. The van der Waals surface area contributed by atoms with Crippen molar-refractivity contribution in [2.24, 2.45) is 0 Å². The zero-order valence-electron chi connectivity index (χ0n) is 14.0. The molecule has 0 radical (unpaired) electrons. The van der Waals surface area contributed by atoms with Crippen LogP contribution in [0.4, 0.5) is 0 Å². The molecule has 25 heavy (non-hydrogen) atoms. The number of pyridine rings is 2. The first kappa shape index (κ1) is 16.0.